The Morgan fingerprint density at radius 1 is 0.853 bits per heavy atom. The van der Waals surface area contributed by atoms with Gasteiger partial charge >= 0.3 is 0 Å². The lowest BCUT2D eigenvalue weighted by Crippen LogP contribution is -2.21. The van der Waals surface area contributed by atoms with Crippen LogP contribution >= 0.6 is 0 Å². The summed E-state index contributed by atoms with van der Waals surface area (Å²) in [5.41, 5.74) is 4.91. The molecule has 0 bridgehead atoms. The van der Waals surface area contributed by atoms with Crippen LogP contribution in [0.4, 0.5) is 11.4 Å². The third-order valence-electron chi connectivity index (χ3n) is 5.17. The van der Waals surface area contributed by atoms with Gasteiger partial charge in [0, 0.05) is 11.4 Å². The second kappa shape index (κ2) is 10.6. The molecule has 0 fully saturated rings. The van der Waals surface area contributed by atoms with Crippen molar-refractivity contribution in [2.75, 3.05) is 23.3 Å². The molecule has 0 aliphatic carbocycles. The minimum absolute atomic E-state index is 0.0987. The van der Waals surface area contributed by atoms with Crippen LogP contribution in [0, 0.1) is 27.7 Å². The molecule has 2 N–H and O–H groups in total. The van der Waals surface area contributed by atoms with Gasteiger partial charge in [0.2, 0.25) is 0 Å². The van der Waals surface area contributed by atoms with Crippen molar-refractivity contribution in [2.45, 2.75) is 39.5 Å². The first-order valence-corrected chi connectivity index (χ1v) is 12.4. The summed E-state index contributed by atoms with van der Waals surface area (Å²) < 4.78 is 39.2. The number of hydrogen-bond acceptors (Lipinski definition) is 5. The molecule has 3 rings (SSSR count). The highest BCUT2D eigenvalue weighted by Gasteiger charge is 2.17. The predicted molar refractivity (Wildman–Crippen MR) is 134 cm³/mol. The van der Waals surface area contributed by atoms with E-state index in [1.807, 2.05) is 39.8 Å². The fourth-order valence-electron chi connectivity index (χ4n) is 3.65. The number of carbonyl (C=O) groups excluding carboxylic acids is 1. The van der Waals surface area contributed by atoms with E-state index < -0.39 is 10.0 Å². The Morgan fingerprint density at radius 2 is 1.50 bits per heavy atom. The summed E-state index contributed by atoms with van der Waals surface area (Å²) in [6.07, 6.45) is 0. The lowest BCUT2D eigenvalue weighted by atomic mass is 10.1. The third-order valence-corrected chi connectivity index (χ3v) is 6.55. The van der Waals surface area contributed by atoms with Crippen molar-refractivity contribution in [3.8, 4) is 11.5 Å². The summed E-state index contributed by atoms with van der Waals surface area (Å²) in [4.78, 5) is 12.5. The van der Waals surface area contributed by atoms with Crippen LogP contribution in [0.3, 0.4) is 0 Å². The SMILES string of the molecule is CCOc1ccc(NS(=O)(=O)c2ccc(OCC(=O)Nc3c(C)cc(C)cc3C)c(C)c2)cc1. The molecule has 3 aromatic rings. The number of carbonyl (C=O) groups is 1. The average Bonchev–Trinajstić information content (AvgIpc) is 2.76. The molecule has 0 heterocycles. The second-order valence-corrected chi connectivity index (χ2v) is 9.78. The van der Waals surface area contributed by atoms with Gasteiger partial charge in [-0.3, -0.25) is 9.52 Å². The quantitative estimate of drug-likeness (QED) is 0.441. The number of anilines is 2. The Kier molecular flexibility index (Phi) is 7.83. The maximum absolute atomic E-state index is 12.8. The molecule has 7 nitrogen and oxygen atoms in total. The van der Waals surface area contributed by atoms with Gasteiger partial charge in [-0.25, -0.2) is 8.42 Å². The number of rotatable bonds is 9. The third kappa shape index (κ3) is 6.29. The largest absolute Gasteiger partial charge is 0.494 e. The molecule has 34 heavy (non-hydrogen) atoms. The fraction of sp³-hybridized carbons (Fsp3) is 0.269. The molecule has 180 valence electrons. The molecule has 3 aromatic carbocycles. The van der Waals surface area contributed by atoms with Gasteiger partial charge in [0.25, 0.3) is 15.9 Å². The van der Waals surface area contributed by atoms with E-state index in [-0.39, 0.29) is 17.4 Å². The molecule has 0 aliphatic heterocycles. The van der Waals surface area contributed by atoms with E-state index in [2.05, 4.69) is 10.0 Å². The van der Waals surface area contributed by atoms with Gasteiger partial charge in [-0.05, 0) is 93.8 Å². The molecule has 0 saturated heterocycles. The summed E-state index contributed by atoms with van der Waals surface area (Å²) in [5, 5.41) is 2.89. The van der Waals surface area contributed by atoms with Crippen molar-refractivity contribution in [3.63, 3.8) is 0 Å². The summed E-state index contributed by atoms with van der Waals surface area (Å²) >= 11 is 0. The summed E-state index contributed by atoms with van der Waals surface area (Å²) in [6, 6.07) is 15.2. The van der Waals surface area contributed by atoms with Crippen LogP contribution in [0.15, 0.2) is 59.5 Å². The molecular formula is C26H30N2O5S. The number of hydrogen-bond donors (Lipinski definition) is 2. The van der Waals surface area contributed by atoms with E-state index >= 15 is 0 Å². The number of ether oxygens (including phenoxy) is 2. The van der Waals surface area contributed by atoms with E-state index in [9.17, 15) is 13.2 Å². The smallest absolute Gasteiger partial charge is 0.262 e. The Labute approximate surface area is 201 Å². The minimum Gasteiger partial charge on any atom is -0.494 e. The highest BCUT2D eigenvalue weighted by Crippen LogP contribution is 2.25. The van der Waals surface area contributed by atoms with Gasteiger partial charge in [0.1, 0.15) is 11.5 Å². The van der Waals surface area contributed by atoms with Gasteiger partial charge in [0.15, 0.2) is 6.61 Å². The van der Waals surface area contributed by atoms with E-state index in [0.29, 0.717) is 29.4 Å². The maximum atomic E-state index is 12.8. The van der Waals surface area contributed by atoms with Crippen LogP contribution in [-0.2, 0) is 14.8 Å². The molecular weight excluding hydrogens is 452 g/mol. The van der Waals surface area contributed by atoms with E-state index in [4.69, 9.17) is 9.47 Å². The van der Waals surface area contributed by atoms with E-state index in [0.717, 1.165) is 22.4 Å². The van der Waals surface area contributed by atoms with Crippen molar-refractivity contribution >= 4 is 27.3 Å². The number of amides is 1. The number of benzene rings is 3. The zero-order valence-corrected chi connectivity index (χ0v) is 20.9. The van der Waals surface area contributed by atoms with Crippen LogP contribution in [0.2, 0.25) is 0 Å². The molecule has 8 heteroatoms. The van der Waals surface area contributed by atoms with Crippen molar-refractivity contribution in [1.82, 2.24) is 0 Å². The topological polar surface area (TPSA) is 93.7 Å². The molecule has 0 unspecified atom stereocenters. The van der Waals surface area contributed by atoms with Gasteiger partial charge < -0.3 is 14.8 Å². The van der Waals surface area contributed by atoms with Crippen LogP contribution in [0.1, 0.15) is 29.2 Å². The second-order valence-electron chi connectivity index (χ2n) is 8.10. The van der Waals surface area contributed by atoms with Crippen LogP contribution in [-0.4, -0.2) is 27.5 Å². The first-order valence-electron chi connectivity index (χ1n) is 11.0. The molecule has 0 radical (unpaired) electrons. The molecule has 0 spiro atoms. The van der Waals surface area contributed by atoms with E-state index in [1.165, 1.54) is 12.1 Å². The predicted octanol–water partition coefficient (Wildman–Crippen LogP) is 5.14. The lowest BCUT2D eigenvalue weighted by Gasteiger charge is -2.15. The van der Waals surface area contributed by atoms with Crippen LogP contribution < -0.4 is 19.5 Å². The highest BCUT2D eigenvalue weighted by molar-refractivity contribution is 7.92. The van der Waals surface area contributed by atoms with Gasteiger partial charge in [-0.15, -0.1) is 0 Å². The highest BCUT2D eigenvalue weighted by atomic mass is 32.2. The summed E-state index contributed by atoms with van der Waals surface area (Å²) in [5.74, 6) is 0.815. The van der Waals surface area contributed by atoms with Gasteiger partial charge in [-0.2, -0.15) is 0 Å². The van der Waals surface area contributed by atoms with E-state index in [1.54, 1.807) is 37.3 Å². The summed E-state index contributed by atoms with van der Waals surface area (Å²) in [7, 11) is -3.79. The molecule has 0 saturated carbocycles. The Balaban J connectivity index is 1.64. The Bertz CT molecular complexity index is 1260. The normalized spacial score (nSPS) is 11.1. The van der Waals surface area contributed by atoms with Crippen LogP contribution in [0.5, 0.6) is 11.5 Å². The zero-order valence-electron chi connectivity index (χ0n) is 20.1. The van der Waals surface area contributed by atoms with Crippen molar-refractivity contribution < 1.29 is 22.7 Å². The minimum atomic E-state index is -3.79. The lowest BCUT2D eigenvalue weighted by molar-refractivity contribution is -0.118. The zero-order chi connectivity index (χ0) is 24.9. The number of sulfonamides is 1. The molecule has 1 amide bonds. The summed E-state index contributed by atoms with van der Waals surface area (Å²) in [6.45, 7) is 9.86. The van der Waals surface area contributed by atoms with Crippen molar-refractivity contribution in [2.24, 2.45) is 0 Å². The molecule has 0 aliphatic rings. The van der Waals surface area contributed by atoms with Crippen molar-refractivity contribution in [3.05, 3.63) is 76.9 Å². The molecule has 0 aromatic heterocycles. The Morgan fingerprint density at radius 3 is 2.09 bits per heavy atom. The first-order chi connectivity index (χ1) is 16.1. The first kappa shape index (κ1) is 25.1. The van der Waals surface area contributed by atoms with Crippen molar-refractivity contribution in [1.29, 1.82) is 0 Å². The van der Waals surface area contributed by atoms with Gasteiger partial charge in [-0.1, -0.05) is 17.7 Å². The maximum Gasteiger partial charge on any atom is 0.262 e. The number of nitrogens with one attached hydrogen (secondary N) is 2. The monoisotopic (exact) mass is 482 g/mol. The van der Waals surface area contributed by atoms with Crippen LogP contribution in [0.25, 0.3) is 0 Å². The molecule has 0 atom stereocenters. The Hall–Kier alpha value is -3.52. The number of aryl methyl sites for hydroxylation is 4. The average molecular weight is 483 g/mol. The van der Waals surface area contributed by atoms with Gasteiger partial charge in [0.05, 0.1) is 11.5 Å². The standard InChI is InChI=1S/C26H30N2O5S/c1-6-32-22-9-7-21(8-10-22)28-34(30,31)23-11-12-24(18(3)15-23)33-16-25(29)27-26-19(4)13-17(2)14-20(26)5/h7-15,28H,6,16H2,1-5H3,(H,27,29). The fourth-order valence-corrected chi connectivity index (χ4v) is 4.79.